The van der Waals surface area contributed by atoms with E-state index in [1.54, 1.807) is 6.92 Å². The van der Waals surface area contributed by atoms with Crippen LogP contribution in [-0.4, -0.2) is 40.0 Å². The Labute approximate surface area is 166 Å². The lowest BCUT2D eigenvalue weighted by Crippen LogP contribution is -2.26. The molecule has 0 bridgehead atoms. The van der Waals surface area contributed by atoms with Gasteiger partial charge in [0.1, 0.15) is 11.4 Å². The summed E-state index contributed by atoms with van der Waals surface area (Å²) in [6.07, 6.45) is -0.720. The number of primary amides is 1. The second kappa shape index (κ2) is 9.57. The van der Waals surface area contributed by atoms with Gasteiger partial charge in [0.05, 0.1) is 11.9 Å². The Morgan fingerprint density at radius 1 is 1.28 bits per heavy atom. The number of rotatable bonds is 7. The standard InChI is InChI=1S/C18H25F3N6O2/c1-2-27-15(17(23)29)13(10-25-27)26-14(28)8-5-9-24-12-7-4-3-6-11(12)16(22)18(19,20)21/h10H,2-9,22H2,1H3,(H2,23,29)(H,26,28). The van der Waals surface area contributed by atoms with E-state index in [0.29, 0.717) is 31.5 Å². The van der Waals surface area contributed by atoms with Crippen molar-refractivity contribution >= 4 is 23.2 Å². The maximum Gasteiger partial charge on any atom is 0.431 e. The van der Waals surface area contributed by atoms with E-state index in [4.69, 9.17) is 11.5 Å². The predicted molar refractivity (Wildman–Crippen MR) is 102 cm³/mol. The molecule has 11 heteroatoms. The summed E-state index contributed by atoms with van der Waals surface area (Å²) in [7, 11) is 0. The van der Waals surface area contributed by atoms with Crippen molar-refractivity contribution in [2.75, 3.05) is 11.9 Å². The minimum Gasteiger partial charge on any atom is -0.394 e. The normalized spacial score (nSPS) is 18.0. The Kier molecular flexibility index (Phi) is 7.40. The van der Waals surface area contributed by atoms with Gasteiger partial charge in [-0.2, -0.15) is 18.3 Å². The van der Waals surface area contributed by atoms with E-state index >= 15 is 0 Å². The molecule has 0 radical (unpaired) electrons. The van der Waals surface area contributed by atoms with E-state index in [1.807, 2.05) is 0 Å². The third kappa shape index (κ3) is 5.81. The zero-order valence-electron chi connectivity index (χ0n) is 16.2. The number of aryl methyl sites for hydroxylation is 1. The van der Waals surface area contributed by atoms with Crippen molar-refractivity contribution in [1.29, 1.82) is 0 Å². The highest BCUT2D eigenvalue weighted by molar-refractivity contribution is 6.02. The van der Waals surface area contributed by atoms with Gasteiger partial charge in [-0.25, -0.2) is 0 Å². The van der Waals surface area contributed by atoms with Crippen LogP contribution in [0.1, 0.15) is 55.9 Å². The monoisotopic (exact) mass is 414 g/mol. The van der Waals surface area contributed by atoms with Gasteiger partial charge in [0.25, 0.3) is 5.91 Å². The SMILES string of the molecule is CCn1ncc(NC(=O)CCCN=C2CCCCC2=C(N)C(F)(F)F)c1C(N)=O. The van der Waals surface area contributed by atoms with Gasteiger partial charge in [-0.05, 0) is 39.0 Å². The molecule has 160 valence electrons. The van der Waals surface area contributed by atoms with Crippen LogP contribution in [0.4, 0.5) is 18.9 Å². The average molecular weight is 414 g/mol. The van der Waals surface area contributed by atoms with Crippen LogP contribution < -0.4 is 16.8 Å². The van der Waals surface area contributed by atoms with Gasteiger partial charge in [0.2, 0.25) is 5.91 Å². The summed E-state index contributed by atoms with van der Waals surface area (Å²) in [5.41, 5.74) is 10.3. The third-order valence-corrected chi connectivity index (χ3v) is 4.58. The summed E-state index contributed by atoms with van der Waals surface area (Å²) in [6.45, 7) is 2.40. The third-order valence-electron chi connectivity index (χ3n) is 4.58. The van der Waals surface area contributed by atoms with Crippen LogP contribution in [0, 0.1) is 0 Å². The highest BCUT2D eigenvalue weighted by Gasteiger charge is 2.35. The maximum atomic E-state index is 12.9. The molecule has 0 aliphatic heterocycles. The lowest BCUT2D eigenvalue weighted by atomic mass is 9.91. The number of nitrogens with one attached hydrogen (secondary N) is 1. The number of hydrogen-bond acceptors (Lipinski definition) is 5. The molecule has 1 aliphatic rings. The Hall–Kier alpha value is -2.85. The Morgan fingerprint density at radius 3 is 2.59 bits per heavy atom. The molecule has 0 saturated heterocycles. The van der Waals surface area contributed by atoms with E-state index in [0.717, 1.165) is 6.42 Å². The van der Waals surface area contributed by atoms with Gasteiger partial charge in [-0.1, -0.05) is 0 Å². The van der Waals surface area contributed by atoms with Crippen molar-refractivity contribution in [3.05, 3.63) is 23.2 Å². The first-order valence-corrected chi connectivity index (χ1v) is 9.40. The minimum absolute atomic E-state index is 0.0614. The fraction of sp³-hybridized carbons (Fsp3) is 0.556. The largest absolute Gasteiger partial charge is 0.431 e. The van der Waals surface area contributed by atoms with Gasteiger partial charge in [-0.3, -0.25) is 19.3 Å². The summed E-state index contributed by atoms with van der Waals surface area (Å²) in [5.74, 6) is -1.07. The zero-order valence-corrected chi connectivity index (χ0v) is 16.2. The zero-order chi connectivity index (χ0) is 21.6. The number of carbonyl (C=O) groups is 2. The predicted octanol–water partition coefficient (Wildman–Crippen LogP) is 2.51. The van der Waals surface area contributed by atoms with Crippen LogP contribution in [0.2, 0.25) is 0 Å². The van der Waals surface area contributed by atoms with E-state index < -0.39 is 17.8 Å². The Bertz CT molecular complexity index is 826. The molecule has 0 unspecified atom stereocenters. The van der Waals surface area contributed by atoms with Gasteiger partial charge in [0, 0.05) is 30.8 Å². The summed E-state index contributed by atoms with van der Waals surface area (Å²) in [5, 5.41) is 6.56. The highest BCUT2D eigenvalue weighted by atomic mass is 19.4. The number of allylic oxidation sites excluding steroid dienone is 2. The second-order valence-corrected chi connectivity index (χ2v) is 6.66. The fourth-order valence-electron chi connectivity index (χ4n) is 3.17. The van der Waals surface area contributed by atoms with E-state index in [1.165, 1.54) is 10.9 Å². The number of amides is 2. The topological polar surface area (TPSA) is 128 Å². The Balaban J connectivity index is 1.95. The lowest BCUT2D eigenvalue weighted by molar-refractivity contribution is -0.116. The molecule has 8 nitrogen and oxygen atoms in total. The first-order chi connectivity index (χ1) is 13.6. The van der Waals surface area contributed by atoms with Gasteiger partial charge in [0.15, 0.2) is 0 Å². The second-order valence-electron chi connectivity index (χ2n) is 6.66. The highest BCUT2D eigenvalue weighted by Crippen LogP contribution is 2.30. The molecule has 1 aromatic rings. The summed E-state index contributed by atoms with van der Waals surface area (Å²) < 4.78 is 40.1. The number of aromatic nitrogens is 2. The molecule has 2 amide bonds. The molecule has 29 heavy (non-hydrogen) atoms. The minimum atomic E-state index is -4.58. The summed E-state index contributed by atoms with van der Waals surface area (Å²) in [4.78, 5) is 27.9. The quantitative estimate of drug-likeness (QED) is 0.592. The molecule has 0 spiro atoms. The molecule has 2 rings (SSSR count). The summed E-state index contributed by atoms with van der Waals surface area (Å²) >= 11 is 0. The van der Waals surface area contributed by atoms with E-state index in [-0.39, 0.29) is 42.2 Å². The molecular weight excluding hydrogens is 389 g/mol. The molecule has 0 atom stereocenters. The van der Waals surface area contributed by atoms with E-state index in [2.05, 4.69) is 15.4 Å². The number of halogens is 3. The summed E-state index contributed by atoms with van der Waals surface area (Å²) in [6, 6.07) is 0. The average Bonchev–Trinajstić information content (AvgIpc) is 3.07. The first kappa shape index (κ1) is 22.4. The van der Waals surface area contributed by atoms with Crippen LogP contribution in [0.25, 0.3) is 0 Å². The van der Waals surface area contributed by atoms with Crippen LogP contribution >= 0.6 is 0 Å². The van der Waals surface area contributed by atoms with Gasteiger partial charge >= 0.3 is 6.18 Å². The van der Waals surface area contributed by atoms with Crippen molar-refractivity contribution in [2.45, 2.75) is 58.2 Å². The van der Waals surface area contributed by atoms with Gasteiger partial charge in [-0.15, -0.1) is 0 Å². The van der Waals surface area contributed by atoms with Crippen LogP contribution in [0.5, 0.6) is 0 Å². The smallest absolute Gasteiger partial charge is 0.394 e. The molecule has 0 aromatic carbocycles. The van der Waals surface area contributed by atoms with Crippen LogP contribution in [0.3, 0.4) is 0 Å². The number of aliphatic imine (C=N–C) groups is 1. The number of nitrogens with zero attached hydrogens (tertiary/aromatic N) is 3. The number of hydrogen-bond donors (Lipinski definition) is 3. The van der Waals surface area contributed by atoms with Crippen LogP contribution in [0.15, 0.2) is 22.5 Å². The molecule has 1 saturated carbocycles. The first-order valence-electron chi connectivity index (χ1n) is 9.40. The fourth-order valence-corrected chi connectivity index (χ4v) is 3.17. The van der Waals surface area contributed by atoms with Crippen molar-refractivity contribution in [3.63, 3.8) is 0 Å². The molecule has 1 heterocycles. The van der Waals surface area contributed by atoms with Gasteiger partial charge < -0.3 is 16.8 Å². The van der Waals surface area contributed by atoms with Crippen LogP contribution in [-0.2, 0) is 11.3 Å². The molecule has 1 aromatic heterocycles. The van der Waals surface area contributed by atoms with Crippen molar-refractivity contribution in [1.82, 2.24) is 9.78 Å². The number of nitrogens with two attached hydrogens (primary N) is 2. The van der Waals surface area contributed by atoms with Crippen molar-refractivity contribution < 1.29 is 22.8 Å². The molecule has 1 aliphatic carbocycles. The number of carbonyl (C=O) groups excluding carboxylic acids is 2. The van der Waals surface area contributed by atoms with Crippen molar-refractivity contribution in [3.8, 4) is 0 Å². The molecule has 1 fully saturated rings. The number of alkyl halides is 3. The maximum absolute atomic E-state index is 12.9. The lowest BCUT2D eigenvalue weighted by Gasteiger charge is -2.20. The van der Waals surface area contributed by atoms with Crippen molar-refractivity contribution in [2.24, 2.45) is 16.5 Å². The Morgan fingerprint density at radius 2 is 1.97 bits per heavy atom. The molecular formula is C18H25F3N6O2. The molecule has 5 N–H and O–H groups in total. The van der Waals surface area contributed by atoms with E-state index in [9.17, 15) is 22.8 Å². The number of anilines is 1.